The molecule has 88 valence electrons. The SMILES string of the molecule is CCc1cc(Cl)cc(OOC(C)=O)c1CO. The molecule has 0 aliphatic heterocycles. The van der Waals surface area contributed by atoms with Crippen LogP contribution in [0.4, 0.5) is 0 Å². The summed E-state index contributed by atoms with van der Waals surface area (Å²) in [5, 5.41) is 9.69. The number of hydrogen-bond donors (Lipinski definition) is 1. The van der Waals surface area contributed by atoms with Crippen LogP contribution in [-0.4, -0.2) is 11.1 Å². The van der Waals surface area contributed by atoms with E-state index in [0.717, 1.165) is 5.56 Å². The molecule has 1 aromatic carbocycles. The molecule has 0 saturated heterocycles. The van der Waals surface area contributed by atoms with Crippen molar-refractivity contribution in [1.29, 1.82) is 0 Å². The van der Waals surface area contributed by atoms with Gasteiger partial charge < -0.3 is 5.11 Å². The zero-order valence-electron chi connectivity index (χ0n) is 9.12. The molecular formula is C11H13ClO4. The molecule has 0 saturated carbocycles. The number of carbonyl (C=O) groups excluding carboxylic acids is 1. The minimum atomic E-state index is -0.568. The van der Waals surface area contributed by atoms with Crippen LogP contribution >= 0.6 is 11.6 Å². The highest BCUT2D eigenvalue weighted by molar-refractivity contribution is 6.30. The van der Waals surface area contributed by atoms with Crippen LogP contribution in [0.5, 0.6) is 5.75 Å². The number of aryl methyl sites for hydroxylation is 1. The molecule has 0 aromatic heterocycles. The summed E-state index contributed by atoms with van der Waals surface area (Å²) in [6, 6.07) is 3.24. The Morgan fingerprint density at radius 2 is 2.19 bits per heavy atom. The van der Waals surface area contributed by atoms with Gasteiger partial charge in [0.2, 0.25) is 0 Å². The first kappa shape index (κ1) is 12.8. The number of carbonyl (C=O) groups is 1. The van der Waals surface area contributed by atoms with E-state index in [1.54, 1.807) is 6.07 Å². The summed E-state index contributed by atoms with van der Waals surface area (Å²) in [6.45, 7) is 2.96. The summed E-state index contributed by atoms with van der Waals surface area (Å²) < 4.78 is 0. The molecule has 16 heavy (non-hydrogen) atoms. The van der Waals surface area contributed by atoms with Gasteiger partial charge in [-0.15, -0.1) is 0 Å². The normalized spacial score (nSPS) is 10.0. The van der Waals surface area contributed by atoms with Crippen molar-refractivity contribution >= 4 is 17.6 Å². The van der Waals surface area contributed by atoms with Gasteiger partial charge in [-0.05, 0) is 18.1 Å². The third-order valence-corrected chi connectivity index (χ3v) is 2.27. The van der Waals surface area contributed by atoms with Gasteiger partial charge in [0.25, 0.3) is 0 Å². The predicted octanol–water partition coefficient (Wildman–Crippen LogP) is 2.25. The van der Waals surface area contributed by atoms with Gasteiger partial charge in [0, 0.05) is 23.6 Å². The van der Waals surface area contributed by atoms with Crippen molar-refractivity contribution in [3.8, 4) is 5.75 Å². The molecule has 0 heterocycles. The summed E-state index contributed by atoms with van der Waals surface area (Å²) in [5.74, 6) is -0.302. The first-order chi connectivity index (χ1) is 7.58. The fraction of sp³-hybridized carbons (Fsp3) is 0.364. The maximum Gasteiger partial charge on any atom is 0.352 e. The van der Waals surface area contributed by atoms with Crippen LogP contribution in [0.3, 0.4) is 0 Å². The van der Waals surface area contributed by atoms with E-state index in [1.807, 2.05) is 6.92 Å². The van der Waals surface area contributed by atoms with Crippen LogP contribution in [0.25, 0.3) is 0 Å². The van der Waals surface area contributed by atoms with Crippen molar-refractivity contribution in [2.24, 2.45) is 0 Å². The summed E-state index contributed by atoms with van der Waals surface area (Å²) >= 11 is 5.87. The van der Waals surface area contributed by atoms with Gasteiger partial charge in [-0.25, -0.2) is 4.79 Å². The predicted molar refractivity (Wildman–Crippen MR) is 59.1 cm³/mol. The Labute approximate surface area is 98.7 Å². The van der Waals surface area contributed by atoms with Crippen molar-refractivity contribution in [2.75, 3.05) is 0 Å². The maximum atomic E-state index is 10.6. The van der Waals surface area contributed by atoms with E-state index >= 15 is 0 Å². The zero-order chi connectivity index (χ0) is 12.1. The minimum absolute atomic E-state index is 0.197. The third-order valence-electron chi connectivity index (χ3n) is 2.05. The Kier molecular flexibility index (Phi) is 4.58. The van der Waals surface area contributed by atoms with Gasteiger partial charge in [-0.2, -0.15) is 0 Å². The largest absolute Gasteiger partial charge is 0.392 e. The molecule has 0 aliphatic carbocycles. The molecule has 4 nitrogen and oxygen atoms in total. The van der Waals surface area contributed by atoms with E-state index < -0.39 is 5.97 Å². The van der Waals surface area contributed by atoms with Crippen LogP contribution in [0.15, 0.2) is 12.1 Å². The lowest BCUT2D eigenvalue weighted by Crippen LogP contribution is -2.06. The maximum absolute atomic E-state index is 10.6. The molecule has 1 aromatic rings. The lowest BCUT2D eigenvalue weighted by Gasteiger charge is -2.11. The summed E-state index contributed by atoms with van der Waals surface area (Å²) in [6.07, 6.45) is 0.701. The van der Waals surface area contributed by atoms with Crippen LogP contribution < -0.4 is 4.89 Å². The van der Waals surface area contributed by atoms with E-state index in [0.29, 0.717) is 17.0 Å². The van der Waals surface area contributed by atoms with Crippen molar-refractivity contribution in [3.63, 3.8) is 0 Å². The monoisotopic (exact) mass is 244 g/mol. The highest BCUT2D eigenvalue weighted by Gasteiger charge is 2.12. The number of hydrogen-bond acceptors (Lipinski definition) is 4. The average Bonchev–Trinajstić information content (AvgIpc) is 2.25. The Morgan fingerprint density at radius 3 is 2.69 bits per heavy atom. The van der Waals surface area contributed by atoms with Gasteiger partial charge in [-0.1, -0.05) is 18.5 Å². The van der Waals surface area contributed by atoms with Crippen LogP contribution in [0.1, 0.15) is 25.0 Å². The van der Waals surface area contributed by atoms with Gasteiger partial charge in [-0.3, -0.25) is 9.78 Å². The summed E-state index contributed by atoms with van der Waals surface area (Å²) in [7, 11) is 0. The van der Waals surface area contributed by atoms with Crippen molar-refractivity contribution in [1.82, 2.24) is 0 Å². The second-order valence-electron chi connectivity index (χ2n) is 3.21. The minimum Gasteiger partial charge on any atom is -0.392 e. The fourth-order valence-electron chi connectivity index (χ4n) is 1.34. The van der Waals surface area contributed by atoms with Crippen LogP contribution in [0, 0.1) is 0 Å². The van der Waals surface area contributed by atoms with Crippen molar-refractivity contribution in [3.05, 3.63) is 28.3 Å². The molecule has 1 rings (SSSR count). The lowest BCUT2D eigenvalue weighted by atomic mass is 10.1. The average molecular weight is 245 g/mol. The standard InChI is InChI=1S/C11H13ClO4/c1-3-8-4-9(12)5-11(10(8)6-13)16-15-7(2)14/h4-5,13H,3,6H2,1-2H3. The number of halogens is 1. The molecule has 0 spiro atoms. The Hall–Kier alpha value is -1.26. The van der Waals surface area contributed by atoms with Gasteiger partial charge in [0.15, 0.2) is 5.75 Å². The second kappa shape index (κ2) is 5.72. The Balaban J connectivity index is 3.04. The second-order valence-corrected chi connectivity index (χ2v) is 3.65. The Morgan fingerprint density at radius 1 is 1.50 bits per heavy atom. The molecular weight excluding hydrogens is 232 g/mol. The number of rotatable bonds is 4. The molecule has 0 amide bonds. The van der Waals surface area contributed by atoms with E-state index in [1.165, 1.54) is 13.0 Å². The van der Waals surface area contributed by atoms with E-state index in [9.17, 15) is 9.90 Å². The molecule has 0 unspecified atom stereocenters. The molecule has 1 N–H and O–H groups in total. The van der Waals surface area contributed by atoms with Gasteiger partial charge in [0.05, 0.1) is 6.61 Å². The topological polar surface area (TPSA) is 55.8 Å². The Bertz CT molecular complexity index is 390. The number of aliphatic hydroxyl groups is 1. The smallest absolute Gasteiger partial charge is 0.352 e. The quantitative estimate of drug-likeness (QED) is 0.652. The highest BCUT2D eigenvalue weighted by atomic mass is 35.5. The fourth-order valence-corrected chi connectivity index (χ4v) is 1.57. The summed E-state index contributed by atoms with van der Waals surface area (Å²) in [4.78, 5) is 19.8. The zero-order valence-corrected chi connectivity index (χ0v) is 9.87. The molecule has 0 fully saturated rings. The number of benzene rings is 1. The molecule has 0 atom stereocenters. The summed E-state index contributed by atoms with van der Waals surface area (Å²) in [5.41, 5.74) is 1.44. The van der Waals surface area contributed by atoms with Gasteiger partial charge >= 0.3 is 5.97 Å². The van der Waals surface area contributed by atoms with E-state index in [2.05, 4.69) is 4.89 Å². The highest BCUT2D eigenvalue weighted by Crippen LogP contribution is 2.28. The lowest BCUT2D eigenvalue weighted by molar-refractivity contribution is -0.211. The van der Waals surface area contributed by atoms with Crippen molar-refractivity contribution < 1.29 is 19.7 Å². The van der Waals surface area contributed by atoms with Gasteiger partial charge in [0.1, 0.15) is 0 Å². The van der Waals surface area contributed by atoms with E-state index in [-0.39, 0.29) is 12.4 Å². The van der Waals surface area contributed by atoms with Crippen LogP contribution in [-0.2, 0) is 22.7 Å². The first-order valence-electron chi connectivity index (χ1n) is 4.85. The molecule has 0 radical (unpaired) electrons. The van der Waals surface area contributed by atoms with Crippen LogP contribution in [0.2, 0.25) is 5.02 Å². The molecule has 5 heteroatoms. The van der Waals surface area contributed by atoms with E-state index in [4.69, 9.17) is 16.5 Å². The first-order valence-corrected chi connectivity index (χ1v) is 5.23. The third kappa shape index (κ3) is 3.12. The molecule has 0 aliphatic rings. The van der Waals surface area contributed by atoms with Crippen molar-refractivity contribution in [2.45, 2.75) is 26.9 Å². The number of aliphatic hydroxyl groups excluding tert-OH is 1. The molecule has 0 bridgehead atoms.